The molecule has 170 valence electrons. The highest BCUT2D eigenvalue weighted by molar-refractivity contribution is 7.98. The van der Waals surface area contributed by atoms with Gasteiger partial charge in [0.1, 0.15) is 6.04 Å². The molecule has 0 saturated carbocycles. The molecule has 0 fully saturated rings. The summed E-state index contributed by atoms with van der Waals surface area (Å²) >= 11 is 1.58. The minimum absolute atomic E-state index is 0.169. The van der Waals surface area contributed by atoms with E-state index in [9.17, 15) is 13.2 Å². The van der Waals surface area contributed by atoms with E-state index in [1.165, 1.54) is 5.56 Å². The van der Waals surface area contributed by atoms with Crippen molar-refractivity contribution in [3.05, 3.63) is 65.7 Å². The standard InChI is InChI=1S/C23H33N3O3S2/c1-19-10-12-21(13-11-19)31(28,29)25-22(14-17-30-3)23(27)24-15-7-16-26(2)18-20-8-5-4-6-9-20/h4-6,8-13,22,25H,7,14-18H2,1-3H3,(H,24,27). The van der Waals surface area contributed by atoms with Gasteiger partial charge in [0.25, 0.3) is 0 Å². The van der Waals surface area contributed by atoms with Gasteiger partial charge >= 0.3 is 0 Å². The average molecular weight is 464 g/mol. The quantitative estimate of drug-likeness (QED) is 0.447. The number of amides is 1. The maximum atomic E-state index is 12.7. The summed E-state index contributed by atoms with van der Waals surface area (Å²) in [6.07, 6.45) is 3.16. The number of carbonyl (C=O) groups excluding carboxylic acids is 1. The van der Waals surface area contributed by atoms with E-state index in [2.05, 4.69) is 27.1 Å². The van der Waals surface area contributed by atoms with E-state index in [1.54, 1.807) is 36.0 Å². The molecule has 0 spiro atoms. The van der Waals surface area contributed by atoms with Crippen molar-refractivity contribution in [3.8, 4) is 0 Å². The molecule has 8 heteroatoms. The van der Waals surface area contributed by atoms with Crippen molar-refractivity contribution >= 4 is 27.7 Å². The van der Waals surface area contributed by atoms with Crippen molar-refractivity contribution in [2.75, 3.05) is 32.1 Å². The number of sulfonamides is 1. The minimum Gasteiger partial charge on any atom is -0.355 e. The second kappa shape index (κ2) is 12.9. The van der Waals surface area contributed by atoms with Crippen molar-refractivity contribution in [1.29, 1.82) is 0 Å². The Morgan fingerprint density at radius 3 is 2.42 bits per heavy atom. The van der Waals surface area contributed by atoms with Crippen LogP contribution in [0, 0.1) is 6.92 Å². The minimum atomic E-state index is -3.76. The molecule has 0 bridgehead atoms. The molecule has 0 aliphatic rings. The van der Waals surface area contributed by atoms with E-state index in [1.807, 2.05) is 38.4 Å². The van der Waals surface area contributed by atoms with E-state index in [0.717, 1.165) is 25.1 Å². The number of hydrogen-bond donors (Lipinski definition) is 2. The predicted molar refractivity (Wildman–Crippen MR) is 129 cm³/mol. The van der Waals surface area contributed by atoms with Gasteiger partial charge in [0.15, 0.2) is 0 Å². The van der Waals surface area contributed by atoms with Crippen LogP contribution in [0.1, 0.15) is 24.0 Å². The second-order valence-corrected chi connectivity index (χ2v) is 10.3. The van der Waals surface area contributed by atoms with Crippen LogP contribution in [0.3, 0.4) is 0 Å². The van der Waals surface area contributed by atoms with Crippen molar-refractivity contribution in [2.45, 2.75) is 37.2 Å². The number of carbonyl (C=O) groups is 1. The largest absolute Gasteiger partial charge is 0.355 e. The number of rotatable bonds is 13. The van der Waals surface area contributed by atoms with E-state index < -0.39 is 16.1 Å². The summed E-state index contributed by atoms with van der Waals surface area (Å²) in [7, 11) is -1.71. The zero-order valence-corrected chi connectivity index (χ0v) is 20.1. The molecular weight excluding hydrogens is 430 g/mol. The Kier molecular flexibility index (Phi) is 10.5. The molecular formula is C23H33N3O3S2. The van der Waals surface area contributed by atoms with Crippen LogP contribution >= 0.6 is 11.8 Å². The normalized spacial score (nSPS) is 12.6. The molecule has 1 atom stereocenters. The molecule has 6 nitrogen and oxygen atoms in total. The van der Waals surface area contributed by atoms with Crippen LogP contribution in [0.15, 0.2) is 59.5 Å². The van der Waals surface area contributed by atoms with Gasteiger partial charge in [0.2, 0.25) is 15.9 Å². The highest BCUT2D eigenvalue weighted by atomic mass is 32.2. The van der Waals surface area contributed by atoms with Gasteiger partial charge in [0, 0.05) is 13.1 Å². The van der Waals surface area contributed by atoms with Crippen LogP contribution < -0.4 is 10.0 Å². The van der Waals surface area contributed by atoms with Crippen molar-refractivity contribution in [3.63, 3.8) is 0 Å². The first-order valence-electron chi connectivity index (χ1n) is 10.4. The summed E-state index contributed by atoms with van der Waals surface area (Å²) in [5, 5.41) is 2.89. The third-order valence-corrected chi connectivity index (χ3v) is 7.00. The summed E-state index contributed by atoms with van der Waals surface area (Å²) in [6.45, 7) is 4.08. The van der Waals surface area contributed by atoms with Crippen LogP contribution in [0.5, 0.6) is 0 Å². The van der Waals surface area contributed by atoms with E-state index >= 15 is 0 Å². The Hall–Kier alpha value is -1.87. The highest BCUT2D eigenvalue weighted by Crippen LogP contribution is 2.12. The third kappa shape index (κ3) is 9.03. The molecule has 0 aliphatic carbocycles. The van der Waals surface area contributed by atoms with Crippen molar-refractivity contribution in [2.24, 2.45) is 0 Å². The first kappa shape index (κ1) is 25.4. The molecule has 0 radical (unpaired) electrons. The molecule has 2 aromatic carbocycles. The van der Waals surface area contributed by atoms with Gasteiger partial charge in [0.05, 0.1) is 4.90 Å². The second-order valence-electron chi connectivity index (χ2n) is 7.64. The maximum Gasteiger partial charge on any atom is 0.241 e. The number of benzene rings is 2. The fourth-order valence-corrected chi connectivity index (χ4v) is 4.81. The zero-order valence-electron chi connectivity index (χ0n) is 18.5. The van der Waals surface area contributed by atoms with Crippen molar-refractivity contribution in [1.82, 2.24) is 14.9 Å². The summed E-state index contributed by atoms with van der Waals surface area (Å²) in [4.78, 5) is 15.1. The predicted octanol–water partition coefficient (Wildman–Crippen LogP) is 3.03. The van der Waals surface area contributed by atoms with Gasteiger partial charge in [-0.25, -0.2) is 8.42 Å². The molecule has 0 heterocycles. The molecule has 2 rings (SSSR count). The topological polar surface area (TPSA) is 78.5 Å². The Balaban J connectivity index is 1.85. The lowest BCUT2D eigenvalue weighted by Crippen LogP contribution is -2.47. The van der Waals surface area contributed by atoms with Gasteiger partial charge in [-0.05, 0) is 63.1 Å². The fourth-order valence-electron chi connectivity index (χ4n) is 3.11. The molecule has 2 aromatic rings. The van der Waals surface area contributed by atoms with Gasteiger partial charge in [-0.2, -0.15) is 16.5 Å². The number of aryl methyl sites for hydroxylation is 1. The number of nitrogens with zero attached hydrogens (tertiary/aromatic N) is 1. The molecule has 1 amide bonds. The maximum absolute atomic E-state index is 12.7. The van der Waals surface area contributed by atoms with Crippen LogP contribution in [-0.2, 0) is 21.4 Å². The SMILES string of the molecule is CSCCC(NS(=O)(=O)c1ccc(C)cc1)C(=O)NCCCN(C)Cc1ccccc1. The van der Waals surface area contributed by atoms with E-state index in [4.69, 9.17) is 0 Å². The van der Waals surface area contributed by atoms with Gasteiger partial charge in [-0.3, -0.25) is 4.79 Å². The van der Waals surface area contributed by atoms with Crippen molar-refractivity contribution < 1.29 is 13.2 Å². The first-order chi connectivity index (χ1) is 14.8. The highest BCUT2D eigenvalue weighted by Gasteiger charge is 2.25. The summed E-state index contributed by atoms with van der Waals surface area (Å²) < 4.78 is 28.0. The molecule has 31 heavy (non-hydrogen) atoms. The van der Waals surface area contributed by atoms with Crippen LogP contribution in [0.25, 0.3) is 0 Å². The molecule has 0 saturated heterocycles. The monoisotopic (exact) mass is 463 g/mol. The molecule has 2 N–H and O–H groups in total. The van der Waals surface area contributed by atoms with Gasteiger partial charge in [-0.15, -0.1) is 0 Å². The Bertz CT molecular complexity index is 903. The number of thioether (sulfide) groups is 1. The lowest BCUT2D eigenvalue weighted by atomic mass is 10.2. The fraction of sp³-hybridized carbons (Fsp3) is 0.435. The Morgan fingerprint density at radius 2 is 1.77 bits per heavy atom. The molecule has 0 aliphatic heterocycles. The summed E-state index contributed by atoms with van der Waals surface area (Å²) in [5.74, 6) is 0.407. The number of hydrogen-bond acceptors (Lipinski definition) is 5. The number of nitrogens with one attached hydrogen (secondary N) is 2. The third-order valence-electron chi connectivity index (χ3n) is 4.87. The molecule has 1 unspecified atom stereocenters. The average Bonchev–Trinajstić information content (AvgIpc) is 2.75. The smallest absolute Gasteiger partial charge is 0.241 e. The first-order valence-corrected chi connectivity index (χ1v) is 13.3. The lowest BCUT2D eigenvalue weighted by molar-refractivity contribution is -0.122. The summed E-state index contributed by atoms with van der Waals surface area (Å²) in [6, 6.07) is 16.1. The van der Waals surface area contributed by atoms with E-state index in [0.29, 0.717) is 18.7 Å². The lowest BCUT2D eigenvalue weighted by Gasteiger charge is -2.20. The van der Waals surface area contributed by atoms with Crippen LogP contribution in [0.2, 0.25) is 0 Å². The van der Waals surface area contributed by atoms with Gasteiger partial charge in [-0.1, -0.05) is 48.0 Å². The Labute approximate surface area is 190 Å². The Morgan fingerprint density at radius 1 is 1.10 bits per heavy atom. The molecule has 0 aromatic heterocycles. The van der Waals surface area contributed by atoms with Crippen LogP contribution in [-0.4, -0.2) is 57.4 Å². The summed E-state index contributed by atoms with van der Waals surface area (Å²) in [5.41, 5.74) is 2.23. The van der Waals surface area contributed by atoms with E-state index in [-0.39, 0.29) is 10.8 Å². The van der Waals surface area contributed by atoms with Crippen LogP contribution in [0.4, 0.5) is 0 Å². The zero-order chi connectivity index (χ0) is 22.7. The van der Waals surface area contributed by atoms with Gasteiger partial charge < -0.3 is 10.2 Å².